The average molecular weight is 283 g/mol. The van der Waals surface area contributed by atoms with Gasteiger partial charge in [-0.05, 0) is 32.1 Å². The molecule has 1 aromatic carbocycles. The van der Waals surface area contributed by atoms with Gasteiger partial charge in [-0.15, -0.1) is 0 Å². The summed E-state index contributed by atoms with van der Waals surface area (Å²) in [6.07, 6.45) is -1.33. The number of nitrogens with two attached hydrogens (primary N) is 1. The average Bonchev–Trinajstić information content (AvgIpc) is 2.90. The molecular formula is C15H23F2N3. The van der Waals surface area contributed by atoms with Crippen LogP contribution in [-0.4, -0.2) is 49.6 Å². The van der Waals surface area contributed by atoms with Crippen LogP contribution in [0.25, 0.3) is 0 Å². The van der Waals surface area contributed by atoms with Gasteiger partial charge in [0.2, 0.25) is 0 Å². The molecule has 1 saturated heterocycles. The maximum atomic E-state index is 12.8. The van der Waals surface area contributed by atoms with Crippen molar-refractivity contribution < 1.29 is 8.78 Å². The Hall–Kier alpha value is -1.04. The number of hydrogen-bond acceptors (Lipinski definition) is 3. The summed E-state index contributed by atoms with van der Waals surface area (Å²) in [6.45, 7) is 2.35. The van der Waals surface area contributed by atoms with E-state index in [-0.39, 0.29) is 11.6 Å². The number of benzene rings is 1. The topological polar surface area (TPSA) is 32.5 Å². The Balaban J connectivity index is 2.14. The second kappa shape index (κ2) is 6.61. The lowest BCUT2D eigenvalue weighted by atomic mass is 10.0. The summed E-state index contributed by atoms with van der Waals surface area (Å²) < 4.78 is 25.6. The molecule has 0 radical (unpaired) electrons. The van der Waals surface area contributed by atoms with Crippen LogP contribution < -0.4 is 5.73 Å². The van der Waals surface area contributed by atoms with Crippen LogP contribution in [0.1, 0.15) is 30.0 Å². The molecule has 2 N–H and O–H groups in total. The number of alkyl halides is 2. The molecule has 2 unspecified atom stereocenters. The van der Waals surface area contributed by atoms with E-state index in [1.807, 2.05) is 6.07 Å². The van der Waals surface area contributed by atoms with Crippen LogP contribution >= 0.6 is 0 Å². The van der Waals surface area contributed by atoms with Crippen molar-refractivity contribution in [3.63, 3.8) is 0 Å². The number of likely N-dealkylation sites (tertiary alicyclic amines) is 1. The zero-order valence-corrected chi connectivity index (χ0v) is 12.1. The van der Waals surface area contributed by atoms with Crippen LogP contribution in [0.3, 0.4) is 0 Å². The fourth-order valence-electron chi connectivity index (χ4n) is 2.87. The molecule has 0 aromatic heterocycles. The van der Waals surface area contributed by atoms with Crippen molar-refractivity contribution >= 4 is 0 Å². The molecule has 0 spiro atoms. The van der Waals surface area contributed by atoms with Crippen molar-refractivity contribution in [1.82, 2.24) is 9.80 Å². The highest BCUT2D eigenvalue weighted by atomic mass is 19.3. The third-order valence-electron chi connectivity index (χ3n) is 4.14. The fourth-order valence-corrected chi connectivity index (χ4v) is 2.87. The van der Waals surface area contributed by atoms with E-state index in [1.54, 1.807) is 12.1 Å². The lowest BCUT2D eigenvalue weighted by molar-refractivity contribution is 0.151. The van der Waals surface area contributed by atoms with E-state index in [0.29, 0.717) is 12.6 Å². The lowest BCUT2D eigenvalue weighted by Gasteiger charge is -2.28. The van der Waals surface area contributed by atoms with Crippen LogP contribution in [0.4, 0.5) is 8.78 Å². The molecule has 2 rings (SSSR count). The van der Waals surface area contributed by atoms with Gasteiger partial charge in [0.1, 0.15) is 0 Å². The summed E-state index contributed by atoms with van der Waals surface area (Å²) in [7, 11) is 4.14. The largest absolute Gasteiger partial charge is 0.329 e. The zero-order valence-electron chi connectivity index (χ0n) is 12.1. The highest BCUT2D eigenvalue weighted by Gasteiger charge is 2.29. The molecule has 0 saturated carbocycles. The normalized spacial score (nSPS) is 21.9. The lowest BCUT2D eigenvalue weighted by Crippen LogP contribution is -2.36. The minimum absolute atomic E-state index is 0.0265. The van der Waals surface area contributed by atoms with E-state index >= 15 is 0 Å². The first-order valence-electron chi connectivity index (χ1n) is 7.01. The third kappa shape index (κ3) is 3.34. The molecule has 0 aliphatic carbocycles. The first-order valence-corrected chi connectivity index (χ1v) is 7.01. The van der Waals surface area contributed by atoms with Gasteiger partial charge >= 0.3 is 0 Å². The van der Waals surface area contributed by atoms with E-state index in [1.165, 1.54) is 6.07 Å². The minimum atomic E-state index is -2.43. The van der Waals surface area contributed by atoms with Gasteiger partial charge in [-0.1, -0.05) is 18.2 Å². The molecule has 1 heterocycles. The second-order valence-corrected chi connectivity index (χ2v) is 5.62. The van der Waals surface area contributed by atoms with Crippen LogP contribution in [0.5, 0.6) is 0 Å². The summed E-state index contributed by atoms with van der Waals surface area (Å²) in [5.74, 6) is 0. The summed E-state index contributed by atoms with van der Waals surface area (Å²) in [4.78, 5) is 4.51. The van der Waals surface area contributed by atoms with Crippen LogP contribution in [-0.2, 0) is 0 Å². The molecule has 1 fully saturated rings. The smallest absolute Gasteiger partial charge is 0.263 e. The summed E-state index contributed by atoms with van der Waals surface area (Å²) in [5.41, 5.74) is 6.86. The first-order chi connectivity index (χ1) is 9.52. The SMILES string of the molecule is CN(C)C1CCN(C(CN)c2cccc(C(F)F)c2)C1. The molecule has 3 nitrogen and oxygen atoms in total. The van der Waals surface area contributed by atoms with Crippen molar-refractivity contribution in [2.75, 3.05) is 33.7 Å². The minimum Gasteiger partial charge on any atom is -0.329 e. The molecule has 0 bridgehead atoms. The van der Waals surface area contributed by atoms with Gasteiger partial charge in [-0.3, -0.25) is 4.90 Å². The first kappa shape index (κ1) is 15.4. The quantitative estimate of drug-likeness (QED) is 0.899. The molecule has 5 heteroatoms. The highest BCUT2D eigenvalue weighted by Crippen LogP contribution is 2.28. The summed E-state index contributed by atoms with van der Waals surface area (Å²) >= 11 is 0. The number of nitrogens with zero attached hydrogens (tertiary/aromatic N) is 2. The summed E-state index contributed by atoms with van der Waals surface area (Å²) in [5, 5.41) is 0. The van der Waals surface area contributed by atoms with Gasteiger partial charge < -0.3 is 10.6 Å². The number of halogens is 2. The van der Waals surface area contributed by atoms with Crippen molar-refractivity contribution in [3.8, 4) is 0 Å². The van der Waals surface area contributed by atoms with E-state index in [4.69, 9.17) is 5.73 Å². The molecule has 20 heavy (non-hydrogen) atoms. The zero-order chi connectivity index (χ0) is 14.7. The van der Waals surface area contributed by atoms with E-state index in [9.17, 15) is 8.78 Å². The Morgan fingerprint density at radius 1 is 1.35 bits per heavy atom. The van der Waals surface area contributed by atoms with Gasteiger partial charge in [0.25, 0.3) is 6.43 Å². The van der Waals surface area contributed by atoms with Crippen LogP contribution in [0.15, 0.2) is 24.3 Å². The predicted molar refractivity (Wildman–Crippen MR) is 76.9 cm³/mol. The molecular weight excluding hydrogens is 260 g/mol. The molecule has 1 aliphatic heterocycles. The van der Waals surface area contributed by atoms with Crippen molar-refractivity contribution in [1.29, 1.82) is 0 Å². The maximum absolute atomic E-state index is 12.8. The number of likely N-dealkylation sites (N-methyl/N-ethyl adjacent to an activating group) is 1. The third-order valence-corrected chi connectivity index (χ3v) is 4.14. The van der Waals surface area contributed by atoms with Gasteiger partial charge in [-0.25, -0.2) is 8.78 Å². The van der Waals surface area contributed by atoms with Crippen LogP contribution in [0.2, 0.25) is 0 Å². The van der Waals surface area contributed by atoms with Crippen molar-refractivity contribution in [2.24, 2.45) is 5.73 Å². The van der Waals surface area contributed by atoms with Gasteiger partial charge in [0.05, 0.1) is 0 Å². The standard InChI is InChI=1S/C15H23F2N3/c1-19(2)13-6-7-20(10-13)14(9-18)11-4-3-5-12(8-11)15(16)17/h3-5,8,13-15H,6-7,9-10,18H2,1-2H3. The number of hydrogen-bond donors (Lipinski definition) is 1. The van der Waals surface area contributed by atoms with Crippen molar-refractivity contribution in [3.05, 3.63) is 35.4 Å². The Labute approximate surface area is 119 Å². The number of rotatable bonds is 5. The Morgan fingerprint density at radius 3 is 2.60 bits per heavy atom. The van der Waals surface area contributed by atoms with Gasteiger partial charge in [0, 0.05) is 37.3 Å². The van der Waals surface area contributed by atoms with Crippen LogP contribution in [0, 0.1) is 0 Å². The Kier molecular flexibility index (Phi) is 5.07. The van der Waals surface area contributed by atoms with E-state index in [2.05, 4.69) is 23.9 Å². The molecule has 2 atom stereocenters. The van der Waals surface area contributed by atoms with Gasteiger partial charge in [-0.2, -0.15) is 0 Å². The van der Waals surface area contributed by atoms with E-state index < -0.39 is 6.43 Å². The fraction of sp³-hybridized carbons (Fsp3) is 0.600. The molecule has 112 valence electrons. The monoisotopic (exact) mass is 283 g/mol. The summed E-state index contributed by atoms with van der Waals surface area (Å²) in [6, 6.07) is 7.19. The molecule has 1 aliphatic rings. The molecule has 0 amide bonds. The molecule has 1 aromatic rings. The van der Waals surface area contributed by atoms with Gasteiger partial charge in [0.15, 0.2) is 0 Å². The highest BCUT2D eigenvalue weighted by molar-refractivity contribution is 5.27. The second-order valence-electron chi connectivity index (χ2n) is 5.62. The predicted octanol–water partition coefficient (Wildman–Crippen LogP) is 2.26. The van der Waals surface area contributed by atoms with E-state index in [0.717, 1.165) is 25.1 Å². The Morgan fingerprint density at radius 2 is 2.05 bits per heavy atom. The Bertz CT molecular complexity index is 437. The maximum Gasteiger partial charge on any atom is 0.263 e. The van der Waals surface area contributed by atoms with Crippen molar-refractivity contribution in [2.45, 2.75) is 24.9 Å².